The number of alkyl halides is 3. The molecule has 0 atom stereocenters. The average molecular weight is 409 g/mol. The van der Waals surface area contributed by atoms with Crippen molar-refractivity contribution in [1.29, 1.82) is 0 Å². The van der Waals surface area contributed by atoms with Crippen LogP contribution in [0.5, 0.6) is 0 Å². The Labute approximate surface area is 174 Å². The van der Waals surface area contributed by atoms with Crippen LogP contribution in [0.25, 0.3) is 11.1 Å². The molecule has 0 amide bonds. The van der Waals surface area contributed by atoms with Crippen LogP contribution in [-0.2, 0) is 17.6 Å². The summed E-state index contributed by atoms with van der Waals surface area (Å²) in [6.07, 6.45) is -2.38. The van der Waals surface area contributed by atoms with Crippen molar-refractivity contribution in [1.82, 2.24) is 0 Å². The second kappa shape index (κ2) is 8.34. The van der Waals surface area contributed by atoms with Crippen LogP contribution >= 0.6 is 0 Å². The average Bonchev–Trinajstić information content (AvgIpc) is 3.58. The van der Waals surface area contributed by atoms with Gasteiger partial charge in [0, 0.05) is 5.92 Å². The summed E-state index contributed by atoms with van der Waals surface area (Å²) in [7, 11) is 0. The third-order valence-corrected chi connectivity index (χ3v) is 5.39. The molecule has 3 aromatic carbocycles. The van der Waals surface area contributed by atoms with Crippen molar-refractivity contribution in [2.24, 2.45) is 11.1 Å². The molecule has 0 bridgehead atoms. The zero-order chi connectivity index (χ0) is 21.1. The Morgan fingerprint density at radius 1 is 0.933 bits per heavy atom. The minimum atomic E-state index is -4.34. The molecular formula is C25H22F3NO. The van der Waals surface area contributed by atoms with Crippen LogP contribution in [0.3, 0.4) is 0 Å². The largest absolute Gasteiger partial charge is 0.416 e. The molecule has 30 heavy (non-hydrogen) atoms. The molecule has 0 radical (unpaired) electrons. The lowest BCUT2D eigenvalue weighted by atomic mass is 9.97. The smallest absolute Gasteiger partial charge is 0.391 e. The standard InChI is InChI=1S/C25H22F3NO/c1-17-21(8-5-9-23(17)18-6-3-2-4-7-18)16-30-29-24(19-10-11-19)20-12-14-22(15-13-20)25(26,27)28/h2-9,12-15,19H,10-11,16H2,1H3. The van der Waals surface area contributed by atoms with Crippen LogP contribution in [0.4, 0.5) is 13.2 Å². The number of hydrogen-bond acceptors (Lipinski definition) is 2. The minimum Gasteiger partial charge on any atom is -0.391 e. The van der Waals surface area contributed by atoms with Gasteiger partial charge in [-0.1, -0.05) is 65.8 Å². The van der Waals surface area contributed by atoms with Gasteiger partial charge in [0.2, 0.25) is 0 Å². The summed E-state index contributed by atoms with van der Waals surface area (Å²) in [6, 6.07) is 21.4. The topological polar surface area (TPSA) is 21.6 Å². The molecule has 0 unspecified atom stereocenters. The van der Waals surface area contributed by atoms with E-state index in [0.29, 0.717) is 12.2 Å². The summed E-state index contributed by atoms with van der Waals surface area (Å²) in [5.41, 5.74) is 5.19. The predicted molar refractivity (Wildman–Crippen MR) is 112 cm³/mol. The summed E-state index contributed by atoms with van der Waals surface area (Å²) < 4.78 is 38.5. The van der Waals surface area contributed by atoms with Crippen molar-refractivity contribution in [3.8, 4) is 11.1 Å². The number of rotatable bonds is 6. The van der Waals surface area contributed by atoms with E-state index in [1.54, 1.807) is 0 Å². The van der Waals surface area contributed by atoms with E-state index in [4.69, 9.17) is 4.84 Å². The van der Waals surface area contributed by atoms with Gasteiger partial charge in [-0.3, -0.25) is 0 Å². The number of nitrogens with zero attached hydrogens (tertiary/aromatic N) is 1. The molecule has 0 aliphatic heterocycles. The van der Waals surface area contributed by atoms with E-state index in [2.05, 4.69) is 30.3 Å². The molecule has 5 heteroatoms. The summed E-state index contributed by atoms with van der Waals surface area (Å²) >= 11 is 0. The molecule has 3 aromatic rings. The van der Waals surface area contributed by atoms with Crippen LogP contribution in [0.1, 0.15) is 35.1 Å². The highest BCUT2D eigenvalue weighted by Gasteiger charge is 2.32. The summed E-state index contributed by atoms with van der Waals surface area (Å²) in [5, 5.41) is 4.32. The first-order chi connectivity index (χ1) is 14.4. The first-order valence-electron chi connectivity index (χ1n) is 9.95. The van der Waals surface area contributed by atoms with E-state index >= 15 is 0 Å². The Bertz CT molecular complexity index is 1040. The van der Waals surface area contributed by atoms with Crippen LogP contribution in [-0.4, -0.2) is 5.71 Å². The second-order valence-corrected chi connectivity index (χ2v) is 7.56. The third kappa shape index (κ3) is 4.56. The van der Waals surface area contributed by atoms with Gasteiger partial charge in [-0.25, -0.2) is 0 Å². The lowest BCUT2D eigenvalue weighted by molar-refractivity contribution is -0.137. The van der Waals surface area contributed by atoms with Gasteiger partial charge in [-0.15, -0.1) is 0 Å². The SMILES string of the molecule is Cc1c(CON=C(c2ccc(C(F)(F)F)cc2)C2CC2)cccc1-c1ccccc1. The Balaban J connectivity index is 1.51. The molecule has 0 saturated heterocycles. The quantitative estimate of drug-likeness (QED) is 0.317. The van der Waals surface area contributed by atoms with Crippen LogP contribution in [0.15, 0.2) is 78.0 Å². The van der Waals surface area contributed by atoms with E-state index in [0.717, 1.165) is 52.9 Å². The molecule has 1 aliphatic rings. The lowest BCUT2D eigenvalue weighted by Gasteiger charge is -2.12. The highest BCUT2D eigenvalue weighted by molar-refractivity contribution is 6.03. The molecule has 0 heterocycles. The number of hydrogen-bond donors (Lipinski definition) is 0. The van der Waals surface area contributed by atoms with Crippen molar-refractivity contribution >= 4 is 5.71 Å². The summed E-state index contributed by atoms with van der Waals surface area (Å²) in [4.78, 5) is 5.67. The van der Waals surface area contributed by atoms with Gasteiger partial charge >= 0.3 is 6.18 Å². The molecule has 0 N–H and O–H groups in total. The number of halogens is 3. The first-order valence-corrected chi connectivity index (χ1v) is 9.95. The molecule has 0 aromatic heterocycles. The van der Waals surface area contributed by atoms with Gasteiger partial charge in [0.25, 0.3) is 0 Å². The van der Waals surface area contributed by atoms with Crippen molar-refractivity contribution in [3.05, 3.63) is 95.1 Å². The van der Waals surface area contributed by atoms with Gasteiger partial charge in [0.15, 0.2) is 0 Å². The van der Waals surface area contributed by atoms with Crippen molar-refractivity contribution in [3.63, 3.8) is 0 Å². The lowest BCUT2D eigenvalue weighted by Crippen LogP contribution is -2.08. The molecule has 1 aliphatic carbocycles. The fraction of sp³-hybridized carbons (Fsp3) is 0.240. The molecule has 4 rings (SSSR count). The maximum absolute atomic E-state index is 12.8. The van der Waals surface area contributed by atoms with E-state index in [1.165, 1.54) is 12.1 Å². The van der Waals surface area contributed by atoms with E-state index < -0.39 is 11.7 Å². The molecule has 0 spiro atoms. The normalized spacial score (nSPS) is 14.6. The number of oxime groups is 1. The fourth-order valence-corrected chi connectivity index (χ4v) is 3.49. The van der Waals surface area contributed by atoms with Crippen molar-refractivity contribution in [2.75, 3.05) is 0 Å². The molecule has 2 nitrogen and oxygen atoms in total. The van der Waals surface area contributed by atoms with Gasteiger partial charge in [0.05, 0.1) is 11.3 Å². The monoisotopic (exact) mass is 409 g/mol. The highest BCUT2D eigenvalue weighted by atomic mass is 19.4. The third-order valence-electron chi connectivity index (χ3n) is 5.39. The van der Waals surface area contributed by atoms with Crippen LogP contribution in [0, 0.1) is 12.8 Å². The van der Waals surface area contributed by atoms with Gasteiger partial charge < -0.3 is 4.84 Å². The Morgan fingerprint density at radius 2 is 1.63 bits per heavy atom. The second-order valence-electron chi connectivity index (χ2n) is 7.56. The van der Waals surface area contributed by atoms with Crippen molar-refractivity contribution < 1.29 is 18.0 Å². The summed E-state index contributed by atoms with van der Waals surface area (Å²) in [5.74, 6) is 0.249. The molecule has 1 saturated carbocycles. The van der Waals surface area contributed by atoms with Crippen molar-refractivity contribution in [2.45, 2.75) is 32.5 Å². The fourth-order valence-electron chi connectivity index (χ4n) is 3.49. The minimum absolute atomic E-state index is 0.249. The van der Waals surface area contributed by atoms with Crippen LogP contribution < -0.4 is 0 Å². The number of benzene rings is 3. The zero-order valence-electron chi connectivity index (χ0n) is 16.6. The molecule has 154 valence electrons. The Kier molecular flexibility index (Phi) is 5.62. The Morgan fingerprint density at radius 3 is 2.27 bits per heavy atom. The van der Waals surface area contributed by atoms with Gasteiger partial charge in [0.1, 0.15) is 6.61 Å². The Hall–Kier alpha value is -3.08. The highest BCUT2D eigenvalue weighted by Crippen LogP contribution is 2.35. The molecule has 1 fully saturated rings. The maximum atomic E-state index is 12.8. The van der Waals surface area contributed by atoms with E-state index in [9.17, 15) is 13.2 Å². The van der Waals surface area contributed by atoms with Gasteiger partial charge in [-0.05, 0) is 59.7 Å². The van der Waals surface area contributed by atoms with E-state index in [1.807, 2.05) is 30.3 Å². The predicted octanol–water partition coefficient (Wildman–Crippen LogP) is 7.01. The van der Waals surface area contributed by atoms with Crippen LogP contribution in [0.2, 0.25) is 0 Å². The first kappa shape index (κ1) is 20.2. The van der Waals surface area contributed by atoms with E-state index in [-0.39, 0.29) is 5.92 Å². The van der Waals surface area contributed by atoms with Gasteiger partial charge in [-0.2, -0.15) is 13.2 Å². The zero-order valence-corrected chi connectivity index (χ0v) is 16.6. The molecular weight excluding hydrogens is 387 g/mol. The summed E-state index contributed by atoms with van der Waals surface area (Å²) in [6.45, 7) is 2.37. The maximum Gasteiger partial charge on any atom is 0.416 e.